The molecule has 55 heavy (non-hydrogen) atoms. The zero-order chi connectivity index (χ0) is 36.0. The fourth-order valence-electron chi connectivity index (χ4n) is 8.70. The molecule has 0 bridgehead atoms. The van der Waals surface area contributed by atoms with Crippen LogP contribution in [0.4, 0.5) is 0 Å². The Labute approximate surface area is 316 Å². The molecule has 0 radical (unpaired) electrons. The summed E-state index contributed by atoms with van der Waals surface area (Å²) in [5.41, 5.74) is 12.3. The van der Waals surface area contributed by atoms with E-state index in [1.165, 1.54) is 38.5 Å². The lowest BCUT2D eigenvalue weighted by atomic mass is 9.97. The van der Waals surface area contributed by atoms with Gasteiger partial charge in [0.1, 0.15) is 5.75 Å². The summed E-state index contributed by atoms with van der Waals surface area (Å²) in [7, 11) is 0. The molecule has 12 rings (SSSR count). The summed E-state index contributed by atoms with van der Waals surface area (Å²) < 4.78 is 11.0. The van der Waals surface area contributed by atoms with Gasteiger partial charge in [0.15, 0.2) is 0 Å². The molecule has 11 aromatic rings. The van der Waals surface area contributed by atoms with Gasteiger partial charge in [-0.25, -0.2) is 4.98 Å². The highest BCUT2D eigenvalue weighted by Crippen LogP contribution is 2.46. The summed E-state index contributed by atoms with van der Waals surface area (Å²) in [6.07, 6.45) is 1.90. The summed E-state index contributed by atoms with van der Waals surface area (Å²) in [6, 6.07) is 62.7. The van der Waals surface area contributed by atoms with Gasteiger partial charge in [-0.3, -0.25) is 4.57 Å². The van der Waals surface area contributed by atoms with Crippen molar-refractivity contribution in [2.45, 2.75) is 0 Å². The molecule has 0 amide bonds. The molecule has 0 saturated carbocycles. The Morgan fingerprint density at radius 1 is 0.418 bits per heavy atom. The van der Waals surface area contributed by atoms with E-state index in [2.05, 4.69) is 173 Å². The van der Waals surface area contributed by atoms with E-state index in [1.54, 1.807) is 0 Å². The maximum atomic E-state index is 6.44. The van der Waals surface area contributed by atoms with Crippen LogP contribution in [0.5, 0.6) is 11.6 Å². The number of para-hydroxylation sites is 2. The lowest BCUT2D eigenvalue weighted by molar-refractivity contribution is 0.465. The van der Waals surface area contributed by atoms with Crippen molar-refractivity contribution in [3.8, 4) is 56.6 Å². The third kappa shape index (κ3) is 4.47. The first-order chi connectivity index (χ1) is 27.3. The molecule has 5 heteroatoms. The SMILES string of the molecule is c1ccc(-c2cccc(-n3c4ccccc4c4cc(-c5ccc6c(c5)c5ccccc5n6-c5ncc6c(n5)Oc5cccc7cccc-6c57)ccc43)c2)cc1. The van der Waals surface area contributed by atoms with E-state index in [1.807, 2.05) is 18.3 Å². The lowest BCUT2D eigenvalue weighted by Gasteiger charge is -2.20. The molecule has 5 nitrogen and oxygen atoms in total. The normalized spacial score (nSPS) is 12.1. The third-order valence-corrected chi connectivity index (χ3v) is 11.2. The smallest absolute Gasteiger partial charge is 0.237 e. The lowest BCUT2D eigenvalue weighted by Crippen LogP contribution is -2.06. The number of fused-ring (bicyclic) bond motifs is 8. The van der Waals surface area contributed by atoms with E-state index >= 15 is 0 Å². The first-order valence-electron chi connectivity index (χ1n) is 18.6. The Bertz CT molecular complexity index is 3350. The standard InChI is InChI=1S/C50H30N4O/c1-2-11-31(12-3-1)33-15-8-16-36(27-33)53-43-20-6-4-17-37(43)40-28-34(23-25-45(40)53)35-24-26-46-41(29-35)38-18-5-7-21-44(38)54(46)50-51-30-42-39-19-9-13-32-14-10-22-47(48(32)39)55-49(42)52-50/h1-30H. The average Bonchev–Trinajstić information content (AvgIpc) is 3.76. The van der Waals surface area contributed by atoms with Gasteiger partial charge in [0, 0.05) is 44.4 Å². The van der Waals surface area contributed by atoms with E-state index in [0.29, 0.717) is 11.8 Å². The number of aromatic nitrogens is 4. The second kappa shape index (κ2) is 11.5. The van der Waals surface area contributed by atoms with Crippen LogP contribution in [0.25, 0.3) is 99.4 Å². The minimum Gasteiger partial charge on any atom is -0.438 e. The monoisotopic (exact) mass is 702 g/mol. The van der Waals surface area contributed by atoms with Crippen molar-refractivity contribution in [1.29, 1.82) is 0 Å². The quantitative estimate of drug-likeness (QED) is 0.183. The van der Waals surface area contributed by atoms with Crippen LogP contribution >= 0.6 is 0 Å². The molecule has 3 aromatic heterocycles. The topological polar surface area (TPSA) is 44.9 Å². The van der Waals surface area contributed by atoms with E-state index in [0.717, 1.165) is 60.7 Å². The van der Waals surface area contributed by atoms with E-state index in [-0.39, 0.29) is 0 Å². The van der Waals surface area contributed by atoms with Gasteiger partial charge < -0.3 is 9.30 Å². The molecule has 0 aliphatic carbocycles. The third-order valence-electron chi connectivity index (χ3n) is 11.2. The fraction of sp³-hybridized carbons (Fsp3) is 0. The molecule has 0 spiro atoms. The van der Waals surface area contributed by atoms with Crippen molar-refractivity contribution < 1.29 is 4.74 Å². The fourth-order valence-corrected chi connectivity index (χ4v) is 8.70. The van der Waals surface area contributed by atoms with Gasteiger partial charge in [-0.05, 0) is 82.2 Å². The minimum absolute atomic E-state index is 0.568. The number of benzene rings is 8. The van der Waals surface area contributed by atoms with Crippen LogP contribution in [-0.2, 0) is 0 Å². The van der Waals surface area contributed by atoms with Gasteiger partial charge in [-0.1, -0.05) is 121 Å². The van der Waals surface area contributed by atoms with Crippen molar-refractivity contribution in [2.24, 2.45) is 0 Å². The van der Waals surface area contributed by atoms with Crippen molar-refractivity contribution in [3.63, 3.8) is 0 Å². The highest BCUT2D eigenvalue weighted by Gasteiger charge is 2.24. The van der Waals surface area contributed by atoms with Gasteiger partial charge in [0.25, 0.3) is 0 Å². The summed E-state index contributed by atoms with van der Waals surface area (Å²) in [5.74, 6) is 1.96. The van der Waals surface area contributed by atoms with E-state index < -0.39 is 0 Å². The number of hydrogen-bond acceptors (Lipinski definition) is 3. The molecule has 0 fully saturated rings. The number of rotatable bonds is 4. The Kier molecular flexibility index (Phi) is 6.27. The Hall–Kier alpha value is -7.50. The second-order valence-corrected chi connectivity index (χ2v) is 14.2. The van der Waals surface area contributed by atoms with Crippen molar-refractivity contribution in [3.05, 3.63) is 182 Å². The number of ether oxygens (including phenoxy) is 1. The summed E-state index contributed by atoms with van der Waals surface area (Å²) in [4.78, 5) is 10.0. The maximum absolute atomic E-state index is 6.44. The number of nitrogens with zero attached hydrogens (tertiary/aromatic N) is 4. The molecule has 256 valence electrons. The predicted octanol–water partition coefficient (Wildman–Crippen LogP) is 12.9. The van der Waals surface area contributed by atoms with Gasteiger partial charge in [-0.15, -0.1) is 0 Å². The van der Waals surface area contributed by atoms with Crippen LogP contribution < -0.4 is 4.74 Å². The van der Waals surface area contributed by atoms with Gasteiger partial charge in [0.05, 0.1) is 27.6 Å². The Morgan fingerprint density at radius 2 is 1.02 bits per heavy atom. The largest absolute Gasteiger partial charge is 0.438 e. The molecule has 0 atom stereocenters. The molecular weight excluding hydrogens is 673 g/mol. The number of hydrogen-bond donors (Lipinski definition) is 0. The first kappa shape index (κ1) is 30.0. The van der Waals surface area contributed by atoms with Crippen molar-refractivity contribution in [2.75, 3.05) is 0 Å². The minimum atomic E-state index is 0.568. The van der Waals surface area contributed by atoms with Gasteiger partial charge >= 0.3 is 0 Å². The van der Waals surface area contributed by atoms with Gasteiger partial charge in [-0.2, -0.15) is 4.98 Å². The summed E-state index contributed by atoms with van der Waals surface area (Å²) in [6.45, 7) is 0. The summed E-state index contributed by atoms with van der Waals surface area (Å²) >= 11 is 0. The Morgan fingerprint density at radius 3 is 1.78 bits per heavy atom. The molecular formula is C50H30N4O. The van der Waals surface area contributed by atoms with Crippen LogP contribution in [0.15, 0.2) is 182 Å². The zero-order valence-corrected chi connectivity index (χ0v) is 29.5. The van der Waals surface area contributed by atoms with Crippen LogP contribution in [0.3, 0.4) is 0 Å². The van der Waals surface area contributed by atoms with Crippen molar-refractivity contribution in [1.82, 2.24) is 19.1 Å². The van der Waals surface area contributed by atoms with Crippen LogP contribution in [-0.4, -0.2) is 19.1 Å². The second-order valence-electron chi connectivity index (χ2n) is 14.2. The first-order valence-corrected chi connectivity index (χ1v) is 18.6. The molecule has 0 unspecified atom stereocenters. The molecule has 4 heterocycles. The average molecular weight is 703 g/mol. The van der Waals surface area contributed by atoms with Crippen LogP contribution in [0.1, 0.15) is 0 Å². The Balaban J connectivity index is 0.993. The molecule has 1 aliphatic rings. The van der Waals surface area contributed by atoms with Crippen molar-refractivity contribution >= 4 is 54.4 Å². The molecule has 0 N–H and O–H groups in total. The van der Waals surface area contributed by atoms with Crippen LogP contribution in [0, 0.1) is 0 Å². The molecule has 1 aliphatic heterocycles. The van der Waals surface area contributed by atoms with E-state index in [9.17, 15) is 0 Å². The highest BCUT2D eigenvalue weighted by atomic mass is 16.5. The predicted molar refractivity (Wildman–Crippen MR) is 225 cm³/mol. The maximum Gasteiger partial charge on any atom is 0.237 e. The summed E-state index contributed by atoms with van der Waals surface area (Å²) in [5, 5.41) is 6.98. The molecule has 8 aromatic carbocycles. The molecule has 0 saturated heterocycles. The van der Waals surface area contributed by atoms with Gasteiger partial charge in [0.2, 0.25) is 11.8 Å². The highest BCUT2D eigenvalue weighted by molar-refractivity contribution is 6.13. The van der Waals surface area contributed by atoms with E-state index in [4.69, 9.17) is 14.7 Å². The van der Waals surface area contributed by atoms with Crippen LogP contribution in [0.2, 0.25) is 0 Å². The zero-order valence-electron chi connectivity index (χ0n) is 29.5.